The van der Waals surface area contributed by atoms with Crippen LogP contribution in [0.25, 0.3) is 0 Å². The van der Waals surface area contributed by atoms with Gasteiger partial charge in [0.2, 0.25) is 0 Å². The summed E-state index contributed by atoms with van der Waals surface area (Å²) in [4.78, 5) is 32.3. The van der Waals surface area contributed by atoms with E-state index in [9.17, 15) is 9.59 Å². The summed E-state index contributed by atoms with van der Waals surface area (Å²) in [6.07, 6.45) is -1.65. The van der Waals surface area contributed by atoms with Crippen molar-refractivity contribution < 1.29 is 33.9 Å². The second-order valence-corrected chi connectivity index (χ2v) is 5.66. The van der Waals surface area contributed by atoms with E-state index in [-0.39, 0.29) is 6.61 Å². The largest absolute Gasteiger partial charge is 0.543 e. The lowest BCUT2D eigenvalue weighted by atomic mass is 9.90. The summed E-state index contributed by atoms with van der Waals surface area (Å²) < 4.78 is 9.58. The lowest BCUT2D eigenvalue weighted by Gasteiger charge is -2.16. The topological polar surface area (TPSA) is 80.3 Å². The third-order valence-corrected chi connectivity index (χ3v) is 4.11. The van der Waals surface area contributed by atoms with Crippen molar-refractivity contribution in [3.8, 4) is 0 Å². The number of hydrogen-bond donors (Lipinski definition) is 0. The smallest absolute Gasteiger partial charge is 0.427 e. The highest BCUT2D eigenvalue weighted by molar-refractivity contribution is 5.93. The van der Waals surface area contributed by atoms with E-state index in [0.29, 0.717) is 5.56 Å². The Morgan fingerprint density at radius 3 is 1.88 bits per heavy atom. The molecule has 24 heavy (non-hydrogen) atoms. The molecule has 0 aromatic heterocycles. The molecule has 0 amide bonds. The van der Waals surface area contributed by atoms with Gasteiger partial charge in [-0.3, -0.25) is 4.89 Å². The fraction of sp³-hybridized carbons (Fsp3) is 0.529. The molecule has 1 rings (SSSR count). The lowest BCUT2D eigenvalue weighted by molar-refractivity contribution is -0.453. The Balaban J connectivity index is 2.69. The maximum atomic E-state index is 12.2. The molecule has 0 radical (unpaired) electrons. The van der Waals surface area contributed by atoms with Gasteiger partial charge in [0.15, 0.2) is 0 Å². The molecule has 134 valence electrons. The van der Waals surface area contributed by atoms with Crippen LogP contribution in [0.2, 0.25) is 0 Å². The van der Waals surface area contributed by atoms with Crippen LogP contribution in [0.4, 0.5) is 4.79 Å². The van der Waals surface area contributed by atoms with Crippen molar-refractivity contribution in [1.29, 1.82) is 0 Å². The van der Waals surface area contributed by atoms with E-state index < -0.39 is 18.2 Å². The van der Waals surface area contributed by atoms with Crippen molar-refractivity contribution in [1.82, 2.24) is 0 Å². The summed E-state index contributed by atoms with van der Waals surface area (Å²) in [5, 5.41) is 4.25. The Hall–Kier alpha value is -2.12. The maximum absolute atomic E-state index is 12.2. The van der Waals surface area contributed by atoms with Crippen LogP contribution in [0.5, 0.6) is 0 Å². The van der Waals surface area contributed by atoms with Gasteiger partial charge in [0.1, 0.15) is 6.10 Å². The zero-order valence-electron chi connectivity index (χ0n) is 15.1. The second-order valence-electron chi connectivity index (χ2n) is 5.66. The molecule has 1 aromatic rings. The Bertz CT molecular complexity index is 593. The SMILES string of the molecule is COCC(C)OC(=O)OOOC(=O)c1c(C)c(C)c(C)c(C)c1C. The van der Waals surface area contributed by atoms with Crippen LogP contribution in [-0.4, -0.2) is 31.9 Å². The molecule has 7 nitrogen and oxygen atoms in total. The van der Waals surface area contributed by atoms with Crippen LogP contribution >= 0.6 is 0 Å². The molecule has 1 aromatic carbocycles. The maximum Gasteiger partial charge on any atom is 0.543 e. The molecule has 0 N–H and O–H groups in total. The van der Waals surface area contributed by atoms with Crippen LogP contribution in [0.3, 0.4) is 0 Å². The predicted octanol–water partition coefficient (Wildman–Crippen LogP) is 3.42. The highest BCUT2D eigenvalue weighted by atomic mass is 17.5. The van der Waals surface area contributed by atoms with E-state index in [2.05, 4.69) is 14.8 Å². The fourth-order valence-electron chi connectivity index (χ4n) is 2.38. The van der Waals surface area contributed by atoms with Gasteiger partial charge in [-0.1, -0.05) is 0 Å². The van der Waals surface area contributed by atoms with Crippen molar-refractivity contribution in [2.75, 3.05) is 13.7 Å². The molecule has 0 saturated carbocycles. The van der Waals surface area contributed by atoms with Crippen LogP contribution in [0.15, 0.2) is 0 Å². The third-order valence-electron chi connectivity index (χ3n) is 4.11. The van der Waals surface area contributed by atoms with Crippen LogP contribution in [0.1, 0.15) is 45.1 Å². The first-order chi connectivity index (χ1) is 11.2. The summed E-state index contributed by atoms with van der Waals surface area (Å²) >= 11 is 0. The Kier molecular flexibility index (Phi) is 7.18. The average Bonchev–Trinajstić information content (AvgIpc) is 2.51. The number of benzene rings is 1. The minimum atomic E-state index is -1.13. The summed E-state index contributed by atoms with van der Waals surface area (Å²) in [6, 6.07) is 0. The molecular weight excluding hydrogens is 316 g/mol. The number of carbonyl (C=O) groups excluding carboxylic acids is 2. The Morgan fingerprint density at radius 1 is 0.875 bits per heavy atom. The number of carbonyl (C=O) groups is 2. The van der Waals surface area contributed by atoms with E-state index in [0.717, 1.165) is 27.8 Å². The van der Waals surface area contributed by atoms with E-state index in [1.165, 1.54) is 7.11 Å². The zero-order valence-corrected chi connectivity index (χ0v) is 15.1. The molecule has 0 aliphatic carbocycles. The highest BCUT2D eigenvalue weighted by Crippen LogP contribution is 2.26. The minimum Gasteiger partial charge on any atom is -0.427 e. The normalized spacial score (nSPS) is 11.8. The van der Waals surface area contributed by atoms with Gasteiger partial charge in [0.25, 0.3) is 0 Å². The molecule has 1 unspecified atom stereocenters. The molecule has 0 heterocycles. The van der Waals surface area contributed by atoms with E-state index >= 15 is 0 Å². The van der Waals surface area contributed by atoms with Gasteiger partial charge in [-0.25, -0.2) is 14.5 Å². The van der Waals surface area contributed by atoms with Gasteiger partial charge in [0.05, 0.1) is 17.2 Å². The Morgan fingerprint density at radius 2 is 1.38 bits per heavy atom. The monoisotopic (exact) mass is 340 g/mol. The van der Waals surface area contributed by atoms with E-state index in [4.69, 9.17) is 9.47 Å². The van der Waals surface area contributed by atoms with Gasteiger partial charge in [-0.05, 0) is 69.4 Å². The molecule has 0 fully saturated rings. The molecule has 7 heteroatoms. The van der Waals surface area contributed by atoms with Crippen molar-refractivity contribution in [2.24, 2.45) is 0 Å². The van der Waals surface area contributed by atoms with E-state index in [1.807, 2.05) is 34.6 Å². The number of hydrogen-bond acceptors (Lipinski definition) is 7. The van der Waals surface area contributed by atoms with Gasteiger partial charge in [-0.15, -0.1) is 0 Å². The van der Waals surface area contributed by atoms with Crippen molar-refractivity contribution in [3.05, 3.63) is 33.4 Å². The average molecular weight is 340 g/mol. The van der Waals surface area contributed by atoms with Gasteiger partial charge >= 0.3 is 12.1 Å². The van der Waals surface area contributed by atoms with Crippen molar-refractivity contribution >= 4 is 12.1 Å². The number of ether oxygens (including phenoxy) is 2. The molecular formula is C17H24O7. The van der Waals surface area contributed by atoms with Crippen molar-refractivity contribution in [2.45, 2.75) is 47.6 Å². The Labute approximate surface area is 141 Å². The summed E-state index contributed by atoms with van der Waals surface area (Å²) in [6.45, 7) is 11.3. The predicted molar refractivity (Wildman–Crippen MR) is 85.5 cm³/mol. The van der Waals surface area contributed by atoms with Crippen LogP contribution in [0, 0.1) is 34.6 Å². The zero-order chi connectivity index (χ0) is 18.4. The minimum absolute atomic E-state index is 0.204. The van der Waals surface area contributed by atoms with Gasteiger partial charge in [0, 0.05) is 7.11 Å². The molecule has 0 bridgehead atoms. The van der Waals surface area contributed by atoms with Gasteiger partial charge < -0.3 is 9.47 Å². The van der Waals surface area contributed by atoms with Crippen molar-refractivity contribution in [3.63, 3.8) is 0 Å². The molecule has 0 saturated heterocycles. The summed E-state index contributed by atoms with van der Waals surface area (Å²) in [7, 11) is 1.47. The molecule has 0 spiro atoms. The lowest BCUT2D eigenvalue weighted by Crippen LogP contribution is -2.21. The highest BCUT2D eigenvalue weighted by Gasteiger charge is 2.21. The van der Waals surface area contributed by atoms with E-state index in [1.54, 1.807) is 6.92 Å². The second kappa shape index (κ2) is 8.65. The van der Waals surface area contributed by atoms with Crippen LogP contribution < -0.4 is 0 Å². The quantitative estimate of drug-likeness (QED) is 0.446. The van der Waals surface area contributed by atoms with Crippen LogP contribution in [-0.2, 0) is 24.3 Å². The first-order valence-corrected chi connectivity index (χ1v) is 7.52. The van der Waals surface area contributed by atoms with Gasteiger partial charge in [-0.2, -0.15) is 0 Å². The summed E-state index contributed by atoms with van der Waals surface area (Å²) in [5.41, 5.74) is 5.09. The third kappa shape index (κ3) is 4.69. The molecule has 0 aliphatic heterocycles. The number of methoxy groups -OCH3 is 1. The first kappa shape index (κ1) is 19.9. The number of rotatable bonds is 6. The molecule has 0 aliphatic rings. The fourth-order valence-corrected chi connectivity index (χ4v) is 2.38. The first-order valence-electron chi connectivity index (χ1n) is 7.52. The summed E-state index contributed by atoms with van der Waals surface area (Å²) in [5.74, 6) is -0.742. The standard InChI is InChI=1S/C17H24O7/c1-9(8-20-7)21-17(19)23-24-22-16(18)15-13(5)11(3)10(2)12(4)14(15)6/h9H,8H2,1-7H3. The molecule has 1 atom stereocenters.